The summed E-state index contributed by atoms with van der Waals surface area (Å²) in [6, 6.07) is 13.3. The van der Waals surface area contributed by atoms with Gasteiger partial charge in [0.2, 0.25) is 5.91 Å². The number of piperidine rings is 1. The number of carbonyl (C=O) groups is 1. The van der Waals surface area contributed by atoms with Gasteiger partial charge < -0.3 is 4.90 Å². The van der Waals surface area contributed by atoms with Crippen LogP contribution in [0.2, 0.25) is 0 Å². The smallest absolute Gasteiger partial charge is 0.266 e. The molecule has 0 N–H and O–H groups in total. The molecule has 0 radical (unpaired) electrons. The minimum absolute atomic E-state index is 0.0577. The number of aromatic nitrogens is 2. The van der Waals surface area contributed by atoms with E-state index in [4.69, 9.17) is 0 Å². The van der Waals surface area contributed by atoms with Crippen molar-refractivity contribution in [3.63, 3.8) is 0 Å². The van der Waals surface area contributed by atoms with Gasteiger partial charge in [-0.2, -0.15) is 5.10 Å². The van der Waals surface area contributed by atoms with Gasteiger partial charge in [0.25, 0.3) is 5.56 Å². The lowest BCUT2D eigenvalue weighted by atomic mass is 9.83. The van der Waals surface area contributed by atoms with Crippen LogP contribution >= 0.6 is 0 Å². The van der Waals surface area contributed by atoms with Crippen molar-refractivity contribution in [3.8, 4) is 11.3 Å². The van der Waals surface area contributed by atoms with Crippen molar-refractivity contribution in [2.45, 2.75) is 38.6 Å². The van der Waals surface area contributed by atoms with Crippen molar-refractivity contribution in [3.05, 3.63) is 52.8 Å². The molecule has 1 saturated heterocycles. The standard InChI is InChI=1S/C21H25N3O2/c25-20-10-9-19(17-5-2-1-3-6-17)22-24(20)15-16-11-13-23(14-12-16)21(26)18-7-4-8-18/h1-3,5-6,9-10,16,18H,4,7-8,11-15H2. The third kappa shape index (κ3) is 3.57. The molecule has 2 aliphatic rings. The fraction of sp³-hybridized carbons (Fsp3) is 0.476. The van der Waals surface area contributed by atoms with E-state index in [1.807, 2.05) is 35.2 Å². The molecule has 136 valence electrons. The third-order valence-electron chi connectivity index (χ3n) is 5.75. The molecule has 1 aromatic carbocycles. The number of rotatable bonds is 4. The molecule has 4 rings (SSSR count). The van der Waals surface area contributed by atoms with Gasteiger partial charge in [-0.15, -0.1) is 0 Å². The molecule has 0 atom stereocenters. The molecule has 0 spiro atoms. The van der Waals surface area contributed by atoms with Crippen LogP contribution in [0.3, 0.4) is 0 Å². The summed E-state index contributed by atoms with van der Waals surface area (Å²) in [7, 11) is 0. The Hall–Kier alpha value is -2.43. The summed E-state index contributed by atoms with van der Waals surface area (Å²) in [5.41, 5.74) is 1.78. The first-order valence-corrected chi connectivity index (χ1v) is 9.63. The molecule has 0 bridgehead atoms. The highest BCUT2D eigenvalue weighted by atomic mass is 16.2. The molecule has 1 aromatic heterocycles. The SMILES string of the molecule is O=C(C1CCC1)N1CCC(Cn2nc(-c3ccccc3)ccc2=O)CC1. The molecule has 5 heteroatoms. The molecular weight excluding hydrogens is 326 g/mol. The first-order valence-electron chi connectivity index (χ1n) is 9.63. The van der Waals surface area contributed by atoms with Gasteiger partial charge in [-0.3, -0.25) is 9.59 Å². The number of likely N-dealkylation sites (tertiary alicyclic amines) is 1. The predicted octanol–water partition coefficient (Wildman–Crippen LogP) is 2.95. The van der Waals surface area contributed by atoms with Crippen LogP contribution in [0, 0.1) is 11.8 Å². The highest BCUT2D eigenvalue weighted by Crippen LogP contribution is 2.30. The number of hydrogen-bond acceptors (Lipinski definition) is 3. The Kier molecular flexibility index (Phi) is 4.87. The fourth-order valence-corrected chi connectivity index (χ4v) is 3.84. The summed E-state index contributed by atoms with van der Waals surface area (Å²) in [6.07, 6.45) is 5.21. The first-order chi connectivity index (χ1) is 12.7. The number of nitrogens with zero attached hydrogens (tertiary/aromatic N) is 3. The Bertz CT molecular complexity index is 819. The minimum atomic E-state index is -0.0577. The van der Waals surface area contributed by atoms with Gasteiger partial charge in [-0.25, -0.2) is 4.68 Å². The van der Waals surface area contributed by atoms with Gasteiger partial charge in [-0.1, -0.05) is 36.8 Å². The van der Waals surface area contributed by atoms with Crippen molar-refractivity contribution in [2.75, 3.05) is 13.1 Å². The number of benzene rings is 1. The van der Waals surface area contributed by atoms with E-state index < -0.39 is 0 Å². The van der Waals surface area contributed by atoms with Crippen molar-refractivity contribution in [2.24, 2.45) is 11.8 Å². The summed E-state index contributed by atoms with van der Waals surface area (Å²) in [4.78, 5) is 26.6. The van der Waals surface area contributed by atoms with E-state index in [-0.39, 0.29) is 11.5 Å². The van der Waals surface area contributed by atoms with Crippen molar-refractivity contribution < 1.29 is 4.79 Å². The van der Waals surface area contributed by atoms with Crippen LogP contribution in [0.25, 0.3) is 11.3 Å². The number of amides is 1. The first kappa shape index (κ1) is 17.0. The lowest BCUT2D eigenvalue weighted by molar-refractivity contribution is -0.139. The minimum Gasteiger partial charge on any atom is -0.342 e. The Balaban J connectivity index is 1.40. The lowest BCUT2D eigenvalue weighted by Crippen LogP contribution is -2.44. The number of hydrogen-bond donors (Lipinski definition) is 0. The summed E-state index contributed by atoms with van der Waals surface area (Å²) in [6.45, 7) is 2.26. The average Bonchev–Trinajstić information content (AvgIpc) is 2.63. The third-order valence-corrected chi connectivity index (χ3v) is 5.75. The maximum atomic E-state index is 12.4. The van der Waals surface area contributed by atoms with E-state index in [2.05, 4.69) is 5.10 Å². The predicted molar refractivity (Wildman–Crippen MR) is 101 cm³/mol. The molecule has 0 unspecified atom stereocenters. The summed E-state index contributed by atoms with van der Waals surface area (Å²) in [5, 5.41) is 4.57. The maximum Gasteiger partial charge on any atom is 0.266 e. The molecular formula is C21H25N3O2. The van der Waals surface area contributed by atoms with Gasteiger partial charge in [0, 0.05) is 37.2 Å². The molecule has 1 aliphatic heterocycles. The largest absolute Gasteiger partial charge is 0.342 e. The lowest BCUT2D eigenvalue weighted by Gasteiger charge is -2.36. The van der Waals surface area contributed by atoms with Gasteiger partial charge in [0.15, 0.2) is 0 Å². The summed E-state index contributed by atoms with van der Waals surface area (Å²) in [5.74, 6) is 1.02. The topological polar surface area (TPSA) is 55.2 Å². The van der Waals surface area contributed by atoms with E-state index in [0.717, 1.165) is 50.0 Å². The van der Waals surface area contributed by atoms with Crippen molar-refractivity contribution in [1.29, 1.82) is 0 Å². The van der Waals surface area contributed by atoms with E-state index >= 15 is 0 Å². The molecule has 1 saturated carbocycles. The van der Waals surface area contributed by atoms with Crippen LogP contribution in [0.5, 0.6) is 0 Å². The summed E-state index contributed by atoms with van der Waals surface area (Å²) >= 11 is 0. The van der Waals surface area contributed by atoms with Crippen LogP contribution in [0.1, 0.15) is 32.1 Å². The van der Waals surface area contributed by atoms with Gasteiger partial charge in [-0.05, 0) is 37.7 Å². The average molecular weight is 351 g/mol. The zero-order chi connectivity index (χ0) is 17.9. The Labute approximate surface area is 153 Å². The highest BCUT2D eigenvalue weighted by Gasteiger charge is 2.31. The second-order valence-electron chi connectivity index (χ2n) is 7.50. The maximum absolute atomic E-state index is 12.4. The van der Waals surface area contributed by atoms with E-state index in [9.17, 15) is 9.59 Å². The monoisotopic (exact) mass is 351 g/mol. The Morgan fingerprint density at radius 3 is 2.38 bits per heavy atom. The summed E-state index contributed by atoms with van der Waals surface area (Å²) < 4.78 is 1.59. The van der Waals surface area contributed by atoms with Crippen LogP contribution in [0.4, 0.5) is 0 Å². The molecule has 26 heavy (non-hydrogen) atoms. The molecule has 2 fully saturated rings. The van der Waals surface area contributed by atoms with E-state index in [0.29, 0.717) is 18.4 Å². The van der Waals surface area contributed by atoms with Crippen molar-refractivity contribution in [1.82, 2.24) is 14.7 Å². The van der Waals surface area contributed by atoms with Crippen molar-refractivity contribution >= 4 is 5.91 Å². The zero-order valence-electron chi connectivity index (χ0n) is 15.0. The van der Waals surface area contributed by atoms with Gasteiger partial charge >= 0.3 is 0 Å². The van der Waals surface area contributed by atoms with Crippen LogP contribution in [-0.4, -0.2) is 33.7 Å². The van der Waals surface area contributed by atoms with E-state index in [1.165, 1.54) is 6.42 Å². The van der Waals surface area contributed by atoms with Gasteiger partial charge in [0.1, 0.15) is 0 Å². The second-order valence-corrected chi connectivity index (χ2v) is 7.50. The zero-order valence-corrected chi connectivity index (χ0v) is 15.0. The Morgan fingerprint density at radius 2 is 1.73 bits per heavy atom. The molecule has 1 amide bonds. The quantitative estimate of drug-likeness (QED) is 0.851. The molecule has 5 nitrogen and oxygen atoms in total. The normalized spacial score (nSPS) is 18.5. The van der Waals surface area contributed by atoms with Gasteiger partial charge in [0.05, 0.1) is 5.69 Å². The molecule has 1 aliphatic carbocycles. The highest BCUT2D eigenvalue weighted by molar-refractivity contribution is 5.79. The molecule has 2 aromatic rings. The number of carbonyl (C=O) groups excluding carboxylic acids is 1. The second kappa shape index (κ2) is 7.44. The van der Waals surface area contributed by atoms with Crippen LogP contribution in [0.15, 0.2) is 47.3 Å². The van der Waals surface area contributed by atoms with E-state index in [1.54, 1.807) is 16.8 Å². The molecule has 2 heterocycles. The Morgan fingerprint density at radius 1 is 1.00 bits per heavy atom. The fourth-order valence-electron chi connectivity index (χ4n) is 3.84. The van der Waals surface area contributed by atoms with Crippen LogP contribution < -0.4 is 5.56 Å². The van der Waals surface area contributed by atoms with Crippen LogP contribution in [-0.2, 0) is 11.3 Å².